The van der Waals surface area contributed by atoms with Gasteiger partial charge >= 0.3 is 0 Å². The van der Waals surface area contributed by atoms with Gasteiger partial charge in [0, 0.05) is 12.2 Å². The van der Waals surface area contributed by atoms with Crippen LogP contribution in [0.5, 0.6) is 0 Å². The lowest BCUT2D eigenvalue weighted by Gasteiger charge is -2.21. The van der Waals surface area contributed by atoms with Crippen LogP contribution in [-0.4, -0.2) is 34.4 Å². The highest BCUT2D eigenvalue weighted by atomic mass is 32.1. The number of hydrogen-bond donors (Lipinski definition) is 1. The normalized spacial score (nSPS) is 28.7. The van der Waals surface area contributed by atoms with E-state index in [2.05, 4.69) is 15.1 Å². The Kier molecular flexibility index (Phi) is 2.46. The minimum Gasteiger partial charge on any atom is -0.379 e. The minimum absolute atomic E-state index is 0.114. The van der Waals surface area contributed by atoms with Crippen LogP contribution in [0.4, 0.5) is 0 Å². The van der Waals surface area contributed by atoms with E-state index < -0.39 is 5.41 Å². The molecule has 0 saturated carbocycles. The molecule has 1 aliphatic rings. The van der Waals surface area contributed by atoms with E-state index in [1.807, 2.05) is 6.92 Å². The van der Waals surface area contributed by atoms with Gasteiger partial charge in [0.1, 0.15) is 0 Å². The van der Waals surface area contributed by atoms with Crippen molar-refractivity contribution in [1.82, 2.24) is 15.1 Å². The Balaban J connectivity index is 1.95. The summed E-state index contributed by atoms with van der Waals surface area (Å²) in [6, 6.07) is -0.114. The number of nitrogens with zero attached hydrogens (tertiary/aromatic N) is 3. The smallest absolute Gasteiger partial charge is 0.236 e. The average molecular weight is 252 g/mol. The van der Waals surface area contributed by atoms with Crippen molar-refractivity contribution in [2.75, 3.05) is 13.2 Å². The first kappa shape index (κ1) is 10.8. The summed E-state index contributed by atoms with van der Waals surface area (Å²) in [6.07, 6.45) is 1.71. The summed E-state index contributed by atoms with van der Waals surface area (Å²) in [4.78, 5) is 9.26. The Bertz CT molecular complexity index is 512. The van der Waals surface area contributed by atoms with Crippen LogP contribution in [0.15, 0.2) is 16.2 Å². The third-order valence-corrected chi connectivity index (χ3v) is 3.85. The molecule has 1 fully saturated rings. The first-order valence-corrected chi connectivity index (χ1v) is 6.14. The Hall–Kier alpha value is -1.31. The van der Waals surface area contributed by atoms with Gasteiger partial charge in [0.2, 0.25) is 11.7 Å². The van der Waals surface area contributed by atoms with Gasteiger partial charge in [-0.05, 0) is 6.92 Å². The molecule has 3 rings (SSSR count). The first-order chi connectivity index (χ1) is 8.20. The zero-order chi connectivity index (χ0) is 11.9. The first-order valence-electron chi connectivity index (χ1n) is 5.26. The molecule has 2 aromatic rings. The lowest BCUT2D eigenvalue weighted by Crippen LogP contribution is -2.42. The van der Waals surface area contributed by atoms with E-state index in [-0.39, 0.29) is 6.04 Å². The number of rotatable bonds is 2. The molecule has 2 unspecified atom stereocenters. The van der Waals surface area contributed by atoms with Crippen LogP contribution >= 0.6 is 11.3 Å². The van der Waals surface area contributed by atoms with Crippen LogP contribution in [-0.2, 0) is 10.2 Å². The number of nitrogens with two attached hydrogens (primary N) is 1. The van der Waals surface area contributed by atoms with Gasteiger partial charge in [-0.15, -0.1) is 11.3 Å². The molecule has 0 spiro atoms. The van der Waals surface area contributed by atoms with Crippen molar-refractivity contribution < 1.29 is 9.26 Å². The molecule has 0 bridgehead atoms. The fourth-order valence-corrected chi connectivity index (χ4v) is 2.34. The minimum atomic E-state index is -0.393. The van der Waals surface area contributed by atoms with Crippen molar-refractivity contribution in [2.45, 2.75) is 18.4 Å². The number of hydrogen-bond acceptors (Lipinski definition) is 7. The van der Waals surface area contributed by atoms with Crippen LogP contribution in [0.25, 0.3) is 10.7 Å². The largest absolute Gasteiger partial charge is 0.379 e. The van der Waals surface area contributed by atoms with Crippen LogP contribution in [0.1, 0.15) is 12.8 Å². The Morgan fingerprint density at radius 3 is 3.12 bits per heavy atom. The molecule has 90 valence electrons. The molecule has 3 heterocycles. The maximum atomic E-state index is 6.01. The van der Waals surface area contributed by atoms with Crippen LogP contribution < -0.4 is 5.73 Å². The summed E-state index contributed by atoms with van der Waals surface area (Å²) in [6.45, 7) is 3.02. The highest BCUT2D eigenvalue weighted by Gasteiger charge is 2.44. The highest BCUT2D eigenvalue weighted by Crippen LogP contribution is 2.32. The van der Waals surface area contributed by atoms with Gasteiger partial charge in [0.15, 0.2) is 0 Å². The predicted octanol–water partition coefficient (Wildman–Crippen LogP) is 0.808. The zero-order valence-corrected chi connectivity index (χ0v) is 10.1. The summed E-state index contributed by atoms with van der Waals surface area (Å²) >= 11 is 1.47. The SMILES string of the molecule is CC1(c2nc(-c3cncs3)no2)COCC1N. The fraction of sp³-hybridized carbons (Fsp3) is 0.500. The summed E-state index contributed by atoms with van der Waals surface area (Å²) in [5.41, 5.74) is 7.35. The standard InChI is InChI=1S/C10H12N4O2S/c1-10(4-15-3-7(10)11)9-13-8(14-16-9)6-2-12-5-17-6/h2,5,7H,3-4,11H2,1H3. The Morgan fingerprint density at radius 2 is 2.47 bits per heavy atom. The van der Waals surface area contributed by atoms with Gasteiger partial charge in [-0.25, -0.2) is 0 Å². The molecule has 0 aliphatic carbocycles. The molecule has 2 aromatic heterocycles. The second-order valence-electron chi connectivity index (χ2n) is 4.33. The zero-order valence-electron chi connectivity index (χ0n) is 9.29. The van der Waals surface area contributed by atoms with Crippen molar-refractivity contribution in [2.24, 2.45) is 5.73 Å². The van der Waals surface area contributed by atoms with E-state index in [1.165, 1.54) is 11.3 Å². The fourth-order valence-electron chi connectivity index (χ4n) is 1.79. The summed E-state index contributed by atoms with van der Waals surface area (Å²) in [7, 11) is 0. The van der Waals surface area contributed by atoms with Gasteiger partial charge in [0.05, 0.1) is 29.0 Å². The lowest BCUT2D eigenvalue weighted by atomic mass is 9.86. The van der Waals surface area contributed by atoms with E-state index in [4.69, 9.17) is 15.0 Å². The summed E-state index contributed by atoms with van der Waals surface area (Å²) < 4.78 is 10.7. The molecular formula is C10H12N4O2S. The van der Waals surface area contributed by atoms with E-state index in [9.17, 15) is 0 Å². The third kappa shape index (κ3) is 1.67. The molecule has 1 aliphatic heterocycles. The molecule has 2 atom stereocenters. The van der Waals surface area contributed by atoms with E-state index >= 15 is 0 Å². The van der Waals surface area contributed by atoms with Crippen LogP contribution in [0.3, 0.4) is 0 Å². The molecule has 0 radical (unpaired) electrons. The summed E-state index contributed by atoms with van der Waals surface area (Å²) in [5, 5.41) is 3.96. The van der Waals surface area contributed by atoms with Gasteiger partial charge in [0.25, 0.3) is 0 Å². The number of thiazole rings is 1. The molecular weight excluding hydrogens is 240 g/mol. The molecule has 0 aromatic carbocycles. The molecule has 7 heteroatoms. The molecule has 17 heavy (non-hydrogen) atoms. The van der Waals surface area contributed by atoms with Crippen LogP contribution in [0, 0.1) is 0 Å². The third-order valence-electron chi connectivity index (χ3n) is 3.08. The van der Waals surface area contributed by atoms with Crippen molar-refractivity contribution in [1.29, 1.82) is 0 Å². The topological polar surface area (TPSA) is 87.1 Å². The molecule has 6 nitrogen and oxygen atoms in total. The Morgan fingerprint density at radius 1 is 1.59 bits per heavy atom. The van der Waals surface area contributed by atoms with Gasteiger partial charge in [-0.3, -0.25) is 4.98 Å². The van der Waals surface area contributed by atoms with E-state index in [1.54, 1.807) is 11.7 Å². The monoisotopic (exact) mass is 252 g/mol. The number of ether oxygens (including phenoxy) is 1. The maximum Gasteiger partial charge on any atom is 0.236 e. The van der Waals surface area contributed by atoms with Crippen molar-refractivity contribution in [3.8, 4) is 10.7 Å². The van der Waals surface area contributed by atoms with Crippen molar-refractivity contribution >= 4 is 11.3 Å². The maximum absolute atomic E-state index is 6.01. The second kappa shape index (κ2) is 3.86. The van der Waals surface area contributed by atoms with Crippen molar-refractivity contribution in [3.63, 3.8) is 0 Å². The average Bonchev–Trinajstić information content (AvgIpc) is 3.01. The lowest BCUT2D eigenvalue weighted by molar-refractivity contribution is 0.169. The molecule has 0 amide bonds. The van der Waals surface area contributed by atoms with Gasteiger partial charge in [-0.1, -0.05) is 5.16 Å². The predicted molar refractivity (Wildman–Crippen MR) is 61.6 cm³/mol. The molecule has 2 N–H and O–H groups in total. The van der Waals surface area contributed by atoms with E-state index in [0.717, 1.165) is 4.88 Å². The highest BCUT2D eigenvalue weighted by molar-refractivity contribution is 7.13. The van der Waals surface area contributed by atoms with Crippen molar-refractivity contribution in [3.05, 3.63) is 17.6 Å². The quantitative estimate of drug-likeness (QED) is 0.851. The van der Waals surface area contributed by atoms with Gasteiger partial charge < -0.3 is 15.0 Å². The van der Waals surface area contributed by atoms with Crippen LogP contribution in [0.2, 0.25) is 0 Å². The summed E-state index contributed by atoms with van der Waals surface area (Å²) in [5.74, 6) is 1.09. The second-order valence-corrected chi connectivity index (χ2v) is 5.21. The van der Waals surface area contributed by atoms with Gasteiger partial charge in [-0.2, -0.15) is 4.98 Å². The molecule has 1 saturated heterocycles. The Labute approximate surface area is 102 Å². The number of aromatic nitrogens is 3. The van der Waals surface area contributed by atoms with E-state index in [0.29, 0.717) is 24.9 Å².